The molecule has 0 aliphatic rings. The Bertz CT molecular complexity index is 692. The maximum Gasteiger partial charge on any atom is 0.170 e. The number of nitrogens with two attached hydrogens (primary N) is 1. The lowest BCUT2D eigenvalue weighted by molar-refractivity contribution is 0.318. The number of benzene rings is 2. The van der Waals surface area contributed by atoms with Gasteiger partial charge in [-0.3, -0.25) is 0 Å². The molecule has 4 N–H and O–H groups in total. The van der Waals surface area contributed by atoms with E-state index < -0.39 is 11.6 Å². The molecule has 2 aromatic carbocycles. The van der Waals surface area contributed by atoms with Gasteiger partial charge in [-0.1, -0.05) is 11.2 Å². The lowest BCUT2D eigenvalue weighted by Crippen LogP contribution is -2.17. The molecule has 7 heteroatoms. The molecule has 2 aromatic rings. The minimum atomic E-state index is -0.491. The maximum atomic E-state index is 13.4. The second-order valence-corrected chi connectivity index (χ2v) is 5.12. The van der Waals surface area contributed by atoms with E-state index >= 15 is 0 Å². The van der Waals surface area contributed by atoms with Crippen LogP contribution in [-0.2, 0) is 6.54 Å². The van der Waals surface area contributed by atoms with Crippen LogP contribution < -0.4 is 11.1 Å². The van der Waals surface area contributed by atoms with Crippen LogP contribution in [0.25, 0.3) is 0 Å². The minimum Gasteiger partial charge on any atom is -0.409 e. The standard InChI is InChI=1S/C14H12BrF2N3O/c15-12-4-3-10(6-13(12)17)19-7-8-1-2-9(16)5-11(8)14(18)20-21/h1-6,19,21H,7H2,(H2,18,20). The first-order chi connectivity index (χ1) is 10.0. The van der Waals surface area contributed by atoms with E-state index in [2.05, 4.69) is 26.4 Å². The molecule has 0 aromatic heterocycles. The van der Waals surface area contributed by atoms with Crippen molar-refractivity contribution in [2.45, 2.75) is 6.54 Å². The number of hydrogen-bond acceptors (Lipinski definition) is 3. The van der Waals surface area contributed by atoms with E-state index in [1.807, 2.05) is 0 Å². The second kappa shape index (κ2) is 6.53. The van der Waals surface area contributed by atoms with Crippen molar-refractivity contribution in [1.29, 1.82) is 0 Å². The lowest BCUT2D eigenvalue weighted by Gasteiger charge is -2.11. The zero-order chi connectivity index (χ0) is 15.4. The van der Waals surface area contributed by atoms with Gasteiger partial charge < -0.3 is 16.3 Å². The first-order valence-corrected chi connectivity index (χ1v) is 6.76. The Balaban J connectivity index is 2.21. The fraction of sp³-hybridized carbons (Fsp3) is 0.0714. The average Bonchev–Trinajstić information content (AvgIpc) is 2.48. The van der Waals surface area contributed by atoms with E-state index in [9.17, 15) is 8.78 Å². The van der Waals surface area contributed by atoms with E-state index in [0.717, 1.165) is 0 Å². The Morgan fingerprint density at radius 3 is 2.67 bits per heavy atom. The van der Waals surface area contributed by atoms with Gasteiger partial charge in [-0.2, -0.15) is 0 Å². The first kappa shape index (κ1) is 15.2. The monoisotopic (exact) mass is 355 g/mol. The number of nitrogens with zero attached hydrogens (tertiary/aromatic N) is 1. The van der Waals surface area contributed by atoms with Crippen LogP contribution in [0.1, 0.15) is 11.1 Å². The van der Waals surface area contributed by atoms with E-state index in [1.54, 1.807) is 12.1 Å². The molecule has 0 unspecified atom stereocenters. The highest BCUT2D eigenvalue weighted by Crippen LogP contribution is 2.20. The molecule has 0 saturated carbocycles. The summed E-state index contributed by atoms with van der Waals surface area (Å²) in [6.45, 7) is 0.271. The topological polar surface area (TPSA) is 70.6 Å². The van der Waals surface area contributed by atoms with Crippen molar-refractivity contribution in [3.05, 3.63) is 63.6 Å². The highest BCUT2D eigenvalue weighted by Gasteiger charge is 2.09. The SMILES string of the molecule is NC(=NO)c1cc(F)ccc1CNc1ccc(Br)c(F)c1. The van der Waals surface area contributed by atoms with Crippen molar-refractivity contribution in [2.75, 3.05) is 5.32 Å². The molecule has 0 atom stereocenters. The highest BCUT2D eigenvalue weighted by atomic mass is 79.9. The number of halogens is 3. The summed E-state index contributed by atoms with van der Waals surface area (Å²) in [4.78, 5) is 0. The van der Waals surface area contributed by atoms with Crippen LogP contribution in [0.2, 0.25) is 0 Å². The van der Waals surface area contributed by atoms with Gasteiger partial charge in [0.05, 0.1) is 4.47 Å². The molecule has 4 nitrogen and oxygen atoms in total. The largest absolute Gasteiger partial charge is 0.409 e. The van der Waals surface area contributed by atoms with Gasteiger partial charge >= 0.3 is 0 Å². The summed E-state index contributed by atoms with van der Waals surface area (Å²) in [5.74, 6) is -1.07. The number of amidine groups is 1. The van der Waals surface area contributed by atoms with Crippen LogP contribution in [0.15, 0.2) is 46.0 Å². The summed E-state index contributed by atoms with van der Waals surface area (Å²) in [7, 11) is 0. The van der Waals surface area contributed by atoms with Gasteiger partial charge in [0, 0.05) is 17.8 Å². The van der Waals surface area contributed by atoms with Crippen molar-refractivity contribution in [1.82, 2.24) is 0 Å². The Morgan fingerprint density at radius 1 is 1.24 bits per heavy atom. The van der Waals surface area contributed by atoms with Gasteiger partial charge in [-0.25, -0.2) is 8.78 Å². The number of hydrogen-bond donors (Lipinski definition) is 3. The van der Waals surface area contributed by atoms with Crippen molar-refractivity contribution < 1.29 is 14.0 Å². The molecule has 2 rings (SSSR count). The number of anilines is 1. The smallest absolute Gasteiger partial charge is 0.170 e. The molecular weight excluding hydrogens is 344 g/mol. The van der Waals surface area contributed by atoms with Crippen LogP contribution in [0.4, 0.5) is 14.5 Å². The quantitative estimate of drug-likeness (QED) is 0.340. The summed E-state index contributed by atoms with van der Waals surface area (Å²) >= 11 is 3.07. The molecule has 0 aliphatic carbocycles. The van der Waals surface area contributed by atoms with Crippen LogP contribution in [0.5, 0.6) is 0 Å². The minimum absolute atomic E-state index is 0.187. The fourth-order valence-corrected chi connectivity index (χ4v) is 2.05. The summed E-state index contributed by atoms with van der Waals surface area (Å²) in [6, 6.07) is 8.57. The summed E-state index contributed by atoms with van der Waals surface area (Å²) < 4.78 is 27.0. The van der Waals surface area contributed by atoms with E-state index in [4.69, 9.17) is 10.9 Å². The Hall–Kier alpha value is -2.15. The number of nitrogens with one attached hydrogen (secondary N) is 1. The van der Waals surface area contributed by atoms with Crippen LogP contribution in [0, 0.1) is 11.6 Å². The van der Waals surface area contributed by atoms with E-state index in [0.29, 0.717) is 15.7 Å². The molecule has 0 bridgehead atoms. The molecular formula is C14H12BrF2N3O. The second-order valence-electron chi connectivity index (χ2n) is 4.27. The molecule has 0 aliphatic heterocycles. The van der Waals surface area contributed by atoms with Gasteiger partial charge in [-0.05, 0) is 51.8 Å². The third-order valence-electron chi connectivity index (χ3n) is 2.86. The van der Waals surface area contributed by atoms with Crippen LogP contribution in [-0.4, -0.2) is 11.0 Å². The van der Waals surface area contributed by atoms with E-state index in [1.165, 1.54) is 24.3 Å². The molecule has 110 valence electrons. The zero-order valence-corrected chi connectivity index (χ0v) is 12.4. The van der Waals surface area contributed by atoms with E-state index in [-0.39, 0.29) is 17.9 Å². The molecule has 0 fully saturated rings. The van der Waals surface area contributed by atoms with Gasteiger partial charge in [0.25, 0.3) is 0 Å². The normalized spacial score (nSPS) is 11.5. The Labute approximate surface area is 128 Å². The van der Waals surface area contributed by atoms with Crippen molar-refractivity contribution in [2.24, 2.45) is 10.9 Å². The summed E-state index contributed by atoms with van der Waals surface area (Å²) in [6.07, 6.45) is 0. The third kappa shape index (κ3) is 3.69. The van der Waals surface area contributed by atoms with Gasteiger partial charge in [0.1, 0.15) is 11.6 Å². The van der Waals surface area contributed by atoms with Crippen molar-refractivity contribution in [3.8, 4) is 0 Å². The molecule has 0 saturated heterocycles. The Kier molecular flexibility index (Phi) is 4.74. The van der Waals surface area contributed by atoms with Crippen molar-refractivity contribution in [3.63, 3.8) is 0 Å². The molecule has 0 radical (unpaired) electrons. The highest BCUT2D eigenvalue weighted by molar-refractivity contribution is 9.10. The van der Waals surface area contributed by atoms with Gasteiger partial charge in [0.2, 0.25) is 0 Å². The maximum absolute atomic E-state index is 13.4. The zero-order valence-electron chi connectivity index (χ0n) is 10.8. The summed E-state index contributed by atoms with van der Waals surface area (Å²) in [5.41, 5.74) is 6.98. The number of oxime groups is 1. The first-order valence-electron chi connectivity index (χ1n) is 5.96. The average molecular weight is 356 g/mol. The predicted molar refractivity (Wildman–Crippen MR) is 80.3 cm³/mol. The van der Waals surface area contributed by atoms with Crippen molar-refractivity contribution >= 4 is 27.5 Å². The molecule has 0 amide bonds. The summed E-state index contributed by atoms with van der Waals surface area (Å²) in [5, 5.41) is 14.6. The van der Waals surface area contributed by atoms with Gasteiger partial charge in [0.15, 0.2) is 5.84 Å². The molecule has 21 heavy (non-hydrogen) atoms. The molecule has 0 spiro atoms. The Morgan fingerprint density at radius 2 is 2.00 bits per heavy atom. The fourth-order valence-electron chi connectivity index (χ4n) is 1.80. The van der Waals surface area contributed by atoms with Gasteiger partial charge in [-0.15, -0.1) is 0 Å². The predicted octanol–water partition coefficient (Wildman–Crippen LogP) is 3.43. The third-order valence-corrected chi connectivity index (χ3v) is 3.50. The van der Waals surface area contributed by atoms with Crippen LogP contribution >= 0.6 is 15.9 Å². The number of rotatable bonds is 4. The lowest BCUT2D eigenvalue weighted by atomic mass is 10.1. The van der Waals surface area contributed by atoms with Crippen LogP contribution in [0.3, 0.4) is 0 Å². The molecule has 0 heterocycles.